The molecule has 1 amide bonds. The number of piperidine rings is 1. The minimum absolute atomic E-state index is 0.00573. The van der Waals surface area contributed by atoms with Gasteiger partial charge in [0.2, 0.25) is 0 Å². The van der Waals surface area contributed by atoms with Crippen LogP contribution in [0.3, 0.4) is 0 Å². The molecule has 4 aliphatic rings. The molecule has 0 radical (unpaired) electrons. The van der Waals surface area contributed by atoms with Crippen molar-refractivity contribution in [1.82, 2.24) is 14.6 Å². The van der Waals surface area contributed by atoms with Crippen molar-refractivity contribution in [1.29, 1.82) is 0 Å². The van der Waals surface area contributed by atoms with E-state index in [0.29, 0.717) is 22.9 Å². The number of pyridine rings is 1. The SMILES string of the molecule is CC1(C)Cc2ccccc2CN1CC1CCN(c2ccc(C(=O)NS(=O)(=O)c3ccc(NCC4CCOCC4)cc3)c(Oc3cnc4c(c3)C=CC4)c2)CC1.O=[NH+]O. The summed E-state index contributed by atoms with van der Waals surface area (Å²) in [6.45, 7) is 10.9. The van der Waals surface area contributed by atoms with E-state index in [-0.39, 0.29) is 21.7 Å². The maximum Gasteiger partial charge on any atom is 0.268 e. The zero-order valence-corrected chi connectivity index (χ0v) is 34.0. The third-order valence-electron chi connectivity index (χ3n) is 11.8. The highest BCUT2D eigenvalue weighted by molar-refractivity contribution is 7.90. The van der Waals surface area contributed by atoms with E-state index in [1.54, 1.807) is 24.4 Å². The maximum atomic E-state index is 13.8. The Hall–Kier alpha value is -5.31. The van der Waals surface area contributed by atoms with Crippen molar-refractivity contribution in [3.8, 4) is 11.5 Å². The van der Waals surface area contributed by atoms with Crippen LogP contribution in [0.2, 0.25) is 0 Å². The number of amides is 1. The van der Waals surface area contributed by atoms with E-state index >= 15 is 0 Å². The molecule has 1 aliphatic carbocycles. The zero-order chi connectivity index (χ0) is 40.7. The van der Waals surface area contributed by atoms with Crippen LogP contribution in [0.25, 0.3) is 6.08 Å². The number of nitrogens with one attached hydrogen (secondary N) is 3. The van der Waals surface area contributed by atoms with Gasteiger partial charge in [-0.15, -0.1) is 0 Å². The number of allylic oxidation sites excluding steroid dienone is 1. The summed E-state index contributed by atoms with van der Waals surface area (Å²) in [6, 6.07) is 22.6. The molecular formula is C44H53N6O7S+. The lowest BCUT2D eigenvalue weighted by molar-refractivity contribution is -0.755. The fourth-order valence-electron chi connectivity index (χ4n) is 8.34. The third kappa shape index (κ3) is 9.86. The van der Waals surface area contributed by atoms with Gasteiger partial charge < -0.3 is 19.7 Å². The van der Waals surface area contributed by atoms with Crippen LogP contribution in [0.15, 0.2) is 90.0 Å². The van der Waals surface area contributed by atoms with Gasteiger partial charge in [0.25, 0.3) is 15.9 Å². The van der Waals surface area contributed by atoms with Crippen molar-refractivity contribution >= 4 is 33.4 Å². The molecule has 8 rings (SSSR count). The van der Waals surface area contributed by atoms with Crippen molar-refractivity contribution < 1.29 is 33.2 Å². The first-order chi connectivity index (χ1) is 28.0. The van der Waals surface area contributed by atoms with Crippen LogP contribution in [0.4, 0.5) is 11.4 Å². The van der Waals surface area contributed by atoms with E-state index < -0.39 is 15.9 Å². The normalized spacial score (nSPS) is 18.0. The summed E-state index contributed by atoms with van der Waals surface area (Å²) < 4.78 is 41.1. The van der Waals surface area contributed by atoms with Crippen molar-refractivity contribution in [3.63, 3.8) is 0 Å². The number of rotatable bonds is 11. The molecule has 4 N–H and O–H groups in total. The lowest BCUT2D eigenvalue weighted by atomic mass is 9.84. The number of hydrogen-bond donors (Lipinski definition) is 4. The Morgan fingerprint density at radius 1 is 0.983 bits per heavy atom. The summed E-state index contributed by atoms with van der Waals surface area (Å²) >= 11 is 0. The van der Waals surface area contributed by atoms with Gasteiger partial charge in [0, 0.05) is 75.3 Å². The Morgan fingerprint density at radius 3 is 2.45 bits per heavy atom. The van der Waals surface area contributed by atoms with Gasteiger partial charge in [0.15, 0.2) is 5.34 Å². The molecule has 3 aliphatic heterocycles. The zero-order valence-electron chi connectivity index (χ0n) is 33.2. The van der Waals surface area contributed by atoms with Crippen LogP contribution in [-0.2, 0) is 34.1 Å². The van der Waals surface area contributed by atoms with E-state index in [9.17, 15) is 13.2 Å². The predicted molar refractivity (Wildman–Crippen MR) is 222 cm³/mol. The molecule has 0 unspecified atom stereocenters. The van der Waals surface area contributed by atoms with Crippen LogP contribution in [0.5, 0.6) is 11.5 Å². The van der Waals surface area contributed by atoms with E-state index in [1.165, 1.54) is 23.3 Å². The Bertz CT molecular complexity index is 2220. The lowest BCUT2D eigenvalue weighted by Gasteiger charge is -2.46. The van der Waals surface area contributed by atoms with Gasteiger partial charge >= 0.3 is 0 Å². The number of sulfonamides is 1. The molecular weight excluding hydrogens is 757 g/mol. The quantitative estimate of drug-likeness (QED) is 0.138. The number of anilines is 2. The van der Waals surface area contributed by atoms with E-state index in [4.69, 9.17) is 19.6 Å². The van der Waals surface area contributed by atoms with Gasteiger partial charge in [0.05, 0.1) is 27.3 Å². The first-order valence-corrected chi connectivity index (χ1v) is 21.5. The molecule has 0 spiro atoms. The second-order valence-corrected chi connectivity index (χ2v) is 17.8. The van der Waals surface area contributed by atoms with Crippen molar-refractivity contribution in [2.24, 2.45) is 11.8 Å². The number of ether oxygens (including phenoxy) is 2. The maximum absolute atomic E-state index is 13.8. The molecule has 0 atom stereocenters. The molecule has 4 heterocycles. The van der Waals surface area contributed by atoms with Gasteiger partial charge in [-0.25, -0.2) is 18.3 Å². The predicted octanol–water partition coefficient (Wildman–Crippen LogP) is 5.68. The minimum atomic E-state index is -4.17. The second-order valence-electron chi connectivity index (χ2n) is 16.2. The first kappa shape index (κ1) is 40.9. The lowest BCUT2D eigenvalue weighted by Crippen LogP contribution is -2.58. The molecule has 4 aromatic rings. The first-order valence-electron chi connectivity index (χ1n) is 20.1. The molecule has 306 valence electrons. The average Bonchev–Trinajstić information content (AvgIpc) is 3.69. The Balaban J connectivity index is 0.00000166. The molecule has 14 heteroatoms. The summed E-state index contributed by atoms with van der Waals surface area (Å²) in [5, 5.41) is 10.7. The highest BCUT2D eigenvalue weighted by Crippen LogP contribution is 2.36. The summed E-state index contributed by atoms with van der Waals surface area (Å²) in [5.41, 5.74) is 6.82. The van der Waals surface area contributed by atoms with Gasteiger partial charge in [0.1, 0.15) is 11.5 Å². The van der Waals surface area contributed by atoms with Crippen LogP contribution < -0.4 is 25.0 Å². The van der Waals surface area contributed by atoms with Crippen molar-refractivity contribution in [2.75, 3.05) is 49.6 Å². The van der Waals surface area contributed by atoms with Crippen molar-refractivity contribution in [2.45, 2.75) is 69.4 Å². The van der Waals surface area contributed by atoms with E-state index in [2.05, 4.69) is 69.0 Å². The van der Waals surface area contributed by atoms with Gasteiger partial charge in [-0.05, 0) is 117 Å². The van der Waals surface area contributed by atoms with Gasteiger partial charge in [-0.3, -0.25) is 14.7 Å². The summed E-state index contributed by atoms with van der Waals surface area (Å²) in [4.78, 5) is 31.6. The number of nitrogens with zero attached hydrogens (tertiary/aromatic N) is 3. The number of carbonyl (C=O) groups is 1. The van der Waals surface area contributed by atoms with E-state index in [0.717, 1.165) is 107 Å². The number of aromatic nitrogens is 1. The molecule has 58 heavy (non-hydrogen) atoms. The number of hydrogen-bond acceptors (Lipinski definition) is 10. The summed E-state index contributed by atoms with van der Waals surface area (Å²) in [5.74, 6) is 1.09. The van der Waals surface area contributed by atoms with Crippen LogP contribution in [0.1, 0.15) is 72.3 Å². The molecule has 0 saturated carbocycles. The smallest absolute Gasteiger partial charge is 0.268 e. The Morgan fingerprint density at radius 2 is 1.71 bits per heavy atom. The third-order valence-corrected chi connectivity index (χ3v) is 13.1. The van der Waals surface area contributed by atoms with Gasteiger partial charge in [-0.2, -0.15) is 0 Å². The standard InChI is InChI=1S/C44H51N5O5S.HNO2/c1-44(2)26-34-6-3-4-7-35(34)30-49(44)29-32-16-20-48(21-17-32)37-12-15-40(42(25-37)54-38-24-33-8-5-9-41(33)46-28-38)43(50)47-55(51,52)39-13-10-36(11-14-39)45-27-31-18-22-53-23-19-31;2-1-3/h3-8,10-15,24-25,28,31-32,45H,9,16-23,26-27,29-30H2,1-2H3,(H,47,50);1H/p+1. The van der Waals surface area contributed by atoms with Crippen LogP contribution in [0, 0.1) is 16.7 Å². The molecule has 2 saturated heterocycles. The monoisotopic (exact) mass is 809 g/mol. The topological polar surface area (TPSA) is 164 Å². The molecule has 2 fully saturated rings. The number of carbonyl (C=O) groups excluding carboxylic acids is 1. The molecule has 0 bridgehead atoms. The molecule has 1 aromatic heterocycles. The fraction of sp³-hybridized carbons (Fsp3) is 0.409. The largest absolute Gasteiger partial charge is 0.455 e. The van der Waals surface area contributed by atoms with E-state index in [1.807, 2.05) is 24.3 Å². The second kappa shape index (κ2) is 18.1. The van der Waals surface area contributed by atoms with Crippen molar-refractivity contribution in [3.05, 3.63) is 118 Å². The Kier molecular flexibility index (Phi) is 12.7. The summed E-state index contributed by atoms with van der Waals surface area (Å²) in [6.07, 6.45) is 11.6. The highest BCUT2D eigenvalue weighted by Gasteiger charge is 2.35. The average molecular weight is 810 g/mol. The fourth-order valence-corrected chi connectivity index (χ4v) is 9.31. The number of fused-ring (bicyclic) bond motifs is 2. The van der Waals surface area contributed by atoms with Crippen LogP contribution >= 0.6 is 0 Å². The Labute approximate surface area is 340 Å². The molecule has 13 nitrogen and oxygen atoms in total. The summed E-state index contributed by atoms with van der Waals surface area (Å²) in [7, 11) is -4.17. The minimum Gasteiger partial charge on any atom is -0.455 e. The van der Waals surface area contributed by atoms with Gasteiger partial charge in [-0.1, -0.05) is 36.4 Å². The number of benzene rings is 3. The highest BCUT2D eigenvalue weighted by atomic mass is 32.2. The molecule has 3 aromatic carbocycles. The van der Waals surface area contributed by atoms with Crippen LogP contribution in [-0.4, -0.2) is 74.3 Å².